The second-order valence-corrected chi connectivity index (χ2v) is 9.08. The van der Waals surface area contributed by atoms with Gasteiger partial charge in [-0.25, -0.2) is 13.2 Å². The van der Waals surface area contributed by atoms with E-state index in [1.54, 1.807) is 18.3 Å². The van der Waals surface area contributed by atoms with Crippen molar-refractivity contribution in [3.63, 3.8) is 0 Å². The van der Waals surface area contributed by atoms with E-state index in [0.717, 1.165) is 10.9 Å². The second-order valence-electron chi connectivity index (χ2n) is 7.14. The van der Waals surface area contributed by atoms with Crippen LogP contribution in [0.1, 0.15) is 10.4 Å². The Morgan fingerprint density at radius 1 is 1.03 bits per heavy atom. The van der Waals surface area contributed by atoms with Gasteiger partial charge in [0.2, 0.25) is 10.0 Å². The smallest absolute Gasteiger partial charge is 0.340 e. The number of sulfonamides is 1. The van der Waals surface area contributed by atoms with E-state index in [-0.39, 0.29) is 18.1 Å². The van der Waals surface area contributed by atoms with Gasteiger partial charge in [0.15, 0.2) is 0 Å². The number of para-hydroxylation sites is 1. The van der Waals surface area contributed by atoms with Crippen LogP contribution in [0.4, 0.5) is 0 Å². The molecule has 0 unspecified atom stereocenters. The molecule has 3 aromatic rings. The molecule has 0 atom stereocenters. The maximum atomic E-state index is 12.6. The fourth-order valence-corrected chi connectivity index (χ4v) is 4.93. The van der Waals surface area contributed by atoms with Crippen LogP contribution in [-0.4, -0.2) is 62.8 Å². The van der Waals surface area contributed by atoms with Crippen LogP contribution < -0.4 is 4.74 Å². The summed E-state index contributed by atoms with van der Waals surface area (Å²) in [5, 5.41) is 0.841. The van der Waals surface area contributed by atoms with Gasteiger partial charge in [0.1, 0.15) is 19.0 Å². The molecule has 1 fully saturated rings. The highest BCUT2D eigenvalue weighted by Gasteiger charge is 2.26. The summed E-state index contributed by atoms with van der Waals surface area (Å²) in [5.41, 5.74) is 1.47. The largest absolute Gasteiger partial charge is 0.490 e. The van der Waals surface area contributed by atoms with Crippen LogP contribution in [0.25, 0.3) is 10.9 Å². The number of ether oxygens (including phenoxy) is 3. The molecular weight excluding hydrogens is 420 g/mol. The van der Waals surface area contributed by atoms with Gasteiger partial charge in [-0.3, -0.25) is 0 Å². The van der Waals surface area contributed by atoms with E-state index >= 15 is 0 Å². The molecule has 4 rings (SSSR count). The van der Waals surface area contributed by atoms with Crippen LogP contribution in [0.5, 0.6) is 5.75 Å². The normalized spacial score (nSPS) is 15.1. The Hall–Kier alpha value is -2.88. The number of nitrogens with zero attached hydrogens (tertiary/aromatic N) is 2. The Bertz CT molecular complexity index is 1160. The van der Waals surface area contributed by atoms with Crippen molar-refractivity contribution in [2.45, 2.75) is 4.90 Å². The van der Waals surface area contributed by atoms with Gasteiger partial charge in [-0.2, -0.15) is 4.31 Å². The van der Waals surface area contributed by atoms with Gasteiger partial charge in [-0.1, -0.05) is 18.2 Å². The monoisotopic (exact) mass is 444 g/mol. The minimum absolute atomic E-state index is 0.0792. The number of morpholine rings is 1. The fraction of sp³-hybridized carbons (Fsp3) is 0.318. The first kappa shape index (κ1) is 21.4. The van der Waals surface area contributed by atoms with Crippen molar-refractivity contribution in [3.05, 3.63) is 60.3 Å². The molecule has 0 amide bonds. The van der Waals surface area contributed by atoms with Gasteiger partial charge >= 0.3 is 5.97 Å². The topological polar surface area (TPSA) is 87.1 Å². The fourth-order valence-electron chi connectivity index (χ4n) is 3.52. The number of aryl methyl sites for hydroxylation is 1. The molecule has 0 bridgehead atoms. The van der Waals surface area contributed by atoms with Gasteiger partial charge in [-0.05, 0) is 30.3 Å². The summed E-state index contributed by atoms with van der Waals surface area (Å²) < 4.78 is 44.7. The predicted molar refractivity (Wildman–Crippen MR) is 115 cm³/mol. The second kappa shape index (κ2) is 9.09. The molecule has 2 heterocycles. The number of esters is 1. The van der Waals surface area contributed by atoms with Crippen LogP contribution in [0.15, 0.2) is 59.6 Å². The zero-order chi connectivity index (χ0) is 21.8. The minimum Gasteiger partial charge on any atom is -0.490 e. The molecule has 31 heavy (non-hydrogen) atoms. The zero-order valence-electron chi connectivity index (χ0n) is 17.2. The van der Waals surface area contributed by atoms with E-state index in [1.807, 2.05) is 35.9 Å². The molecule has 9 heteroatoms. The summed E-state index contributed by atoms with van der Waals surface area (Å²) in [5.74, 6) is 0.0921. The summed E-state index contributed by atoms with van der Waals surface area (Å²) in [6, 6.07) is 13.9. The Morgan fingerprint density at radius 2 is 1.74 bits per heavy atom. The molecule has 0 N–H and O–H groups in total. The van der Waals surface area contributed by atoms with Crippen molar-refractivity contribution in [2.75, 3.05) is 39.5 Å². The SMILES string of the molecule is Cn1cc(C(=O)OCCOc2ccc(S(=O)(=O)N3CCOCC3)cc2)c2ccccc21. The molecule has 1 saturated heterocycles. The Labute approximate surface area is 181 Å². The first-order valence-corrected chi connectivity index (χ1v) is 11.4. The summed E-state index contributed by atoms with van der Waals surface area (Å²) in [4.78, 5) is 12.6. The van der Waals surface area contributed by atoms with Crippen molar-refractivity contribution in [1.29, 1.82) is 0 Å². The van der Waals surface area contributed by atoms with Crippen LogP contribution in [0.2, 0.25) is 0 Å². The van der Waals surface area contributed by atoms with Crippen LogP contribution in [-0.2, 0) is 26.5 Å². The van der Waals surface area contributed by atoms with E-state index in [2.05, 4.69) is 0 Å². The first-order valence-electron chi connectivity index (χ1n) is 9.99. The van der Waals surface area contributed by atoms with Crippen LogP contribution in [0.3, 0.4) is 0 Å². The number of benzene rings is 2. The molecule has 1 aromatic heterocycles. The third kappa shape index (κ3) is 4.58. The molecule has 1 aliphatic heterocycles. The van der Waals surface area contributed by atoms with E-state index in [4.69, 9.17) is 14.2 Å². The van der Waals surface area contributed by atoms with E-state index < -0.39 is 16.0 Å². The summed E-state index contributed by atoms with van der Waals surface area (Å²) in [6.07, 6.45) is 1.75. The molecule has 0 saturated carbocycles. The molecule has 0 aliphatic carbocycles. The van der Waals surface area contributed by atoms with Crippen molar-refractivity contribution in [1.82, 2.24) is 8.87 Å². The zero-order valence-corrected chi connectivity index (χ0v) is 18.0. The molecule has 164 valence electrons. The summed E-state index contributed by atoms with van der Waals surface area (Å²) in [7, 11) is -1.66. The number of aromatic nitrogens is 1. The lowest BCUT2D eigenvalue weighted by Gasteiger charge is -2.26. The summed E-state index contributed by atoms with van der Waals surface area (Å²) in [6.45, 7) is 1.74. The van der Waals surface area contributed by atoms with Crippen molar-refractivity contribution in [3.8, 4) is 5.75 Å². The third-order valence-electron chi connectivity index (χ3n) is 5.13. The highest BCUT2D eigenvalue weighted by atomic mass is 32.2. The Morgan fingerprint density at radius 3 is 2.48 bits per heavy atom. The van der Waals surface area contributed by atoms with E-state index in [9.17, 15) is 13.2 Å². The lowest BCUT2D eigenvalue weighted by Crippen LogP contribution is -2.40. The van der Waals surface area contributed by atoms with Gasteiger partial charge in [0, 0.05) is 37.2 Å². The molecule has 8 nitrogen and oxygen atoms in total. The van der Waals surface area contributed by atoms with Crippen LogP contribution in [0, 0.1) is 0 Å². The van der Waals surface area contributed by atoms with Gasteiger partial charge in [0.05, 0.1) is 23.7 Å². The van der Waals surface area contributed by atoms with Gasteiger partial charge in [-0.15, -0.1) is 0 Å². The average Bonchev–Trinajstić information content (AvgIpc) is 3.14. The number of rotatable bonds is 7. The highest BCUT2D eigenvalue weighted by molar-refractivity contribution is 7.89. The Balaban J connectivity index is 1.30. The van der Waals surface area contributed by atoms with Crippen molar-refractivity contribution >= 4 is 26.9 Å². The average molecular weight is 445 g/mol. The lowest BCUT2D eigenvalue weighted by atomic mass is 10.2. The van der Waals surface area contributed by atoms with Gasteiger partial charge < -0.3 is 18.8 Å². The van der Waals surface area contributed by atoms with Crippen molar-refractivity contribution in [2.24, 2.45) is 7.05 Å². The predicted octanol–water partition coefficient (Wildman–Crippen LogP) is 2.44. The molecule has 0 radical (unpaired) electrons. The lowest BCUT2D eigenvalue weighted by molar-refractivity contribution is 0.0452. The van der Waals surface area contributed by atoms with E-state index in [1.165, 1.54) is 16.4 Å². The van der Waals surface area contributed by atoms with Crippen molar-refractivity contribution < 1.29 is 27.4 Å². The molecule has 1 aliphatic rings. The maximum absolute atomic E-state index is 12.6. The molecular formula is C22H24N2O6S. The quantitative estimate of drug-likeness (QED) is 0.411. The molecule has 0 spiro atoms. The minimum atomic E-state index is -3.54. The number of hydrogen-bond donors (Lipinski definition) is 0. The Kier molecular flexibility index (Phi) is 6.26. The third-order valence-corrected chi connectivity index (χ3v) is 7.05. The highest BCUT2D eigenvalue weighted by Crippen LogP contribution is 2.22. The standard InChI is InChI=1S/C22H24N2O6S/c1-23-16-20(19-4-2-3-5-21(19)23)22(25)30-15-14-29-17-6-8-18(9-7-17)31(26,27)24-10-12-28-13-11-24/h2-9,16H,10-15H2,1H3. The number of hydrogen-bond acceptors (Lipinski definition) is 6. The maximum Gasteiger partial charge on any atom is 0.340 e. The number of carbonyl (C=O) groups excluding carboxylic acids is 1. The van der Waals surface area contributed by atoms with Crippen LogP contribution >= 0.6 is 0 Å². The van der Waals surface area contributed by atoms with Gasteiger partial charge in [0.25, 0.3) is 0 Å². The van der Waals surface area contributed by atoms with E-state index in [0.29, 0.717) is 37.6 Å². The first-order chi connectivity index (χ1) is 15.0. The molecule has 2 aromatic carbocycles. The summed E-state index contributed by atoms with van der Waals surface area (Å²) >= 11 is 0. The number of carbonyl (C=O) groups is 1. The number of fused-ring (bicyclic) bond motifs is 1.